The van der Waals surface area contributed by atoms with Gasteiger partial charge in [-0.3, -0.25) is 14.2 Å². The lowest BCUT2D eigenvalue weighted by Gasteiger charge is -2.33. The molecule has 1 saturated heterocycles. The van der Waals surface area contributed by atoms with Gasteiger partial charge in [0, 0.05) is 38.5 Å². The first-order valence-electron chi connectivity index (χ1n) is 11.2. The van der Waals surface area contributed by atoms with E-state index in [0.29, 0.717) is 54.4 Å². The Morgan fingerprint density at radius 1 is 1.06 bits per heavy atom. The first-order valence-corrected chi connectivity index (χ1v) is 13.0. The number of thioether (sulfide) groups is 1. The van der Waals surface area contributed by atoms with Crippen LogP contribution in [0.2, 0.25) is 0 Å². The van der Waals surface area contributed by atoms with E-state index in [1.165, 1.54) is 23.1 Å². The fourth-order valence-electron chi connectivity index (χ4n) is 3.95. The number of nitrogens with zero attached hydrogens (tertiary/aromatic N) is 6. The van der Waals surface area contributed by atoms with Crippen LogP contribution in [0.15, 0.2) is 57.6 Å². The molecular weight excluding hydrogens is 484 g/mol. The normalized spacial score (nSPS) is 13.9. The number of aromatic nitrogens is 4. The van der Waals surface area contributed by atoms with E-state index >= 15 is 0 Å². The topological polar surface area (TPSA) is 97.4 Å². The number of hydrogen-bond donors (Lipinski definition) is 0. The second kappa shape index (κ2) is 10.0. The number of benzene rings is 1. The molecule has 4 heterocycles. The first kappa shape index (κ1) is 23.3. The number of carbonyl (C=O) groups excluding carboxylic acids is 2. The summed E-state index contributed by atoms with van der Waals surface area (Å²) < 4.78 is 7.59. The maximum absolute atomic E-state index is 12.9. The van der Waals surface area contributed by atoms with Gasteiger partial charge in [0.2, 0.25) is 11.7 Å². The summed E-state index contributed by atoms with van der Waals surface area (Å²) in [5, 5.41) is 12.2. The highest BCUT2D eigenvalue weighted by atomic mass is 32.2. The van der Waals surface area contributed by atoms with Gasteiger partial charge in [0.1, 0.15) is 10.7 Å². The van der Waals surface area contributed by atoms with Gasteiger partial charge in [-0.1, -0.05) is 30.0 Å². The lowest BCUT2D eigenvalue weighted by molar-refractivity contribution is -0.130. The minimum Gasteiger partial charge on any atom is -0.461 e. The Balaban J connectivity index is 1.32. The van der Waals surface area contributed by atoms with E-state index < -0.39 is 0 Å². The van der Waals surface area contributed by atoms with Crippen LogP contribution < -0.4 is 0 Å². The van der Waals surface area contributed by atoms with Gasteiger partial charge < -0.3 is 14.2 Å². The number of furan rings is 1. The standard InChI is InChI=1S/C24H24N6O3S2/c1-16-6-3-4-7-19(16)30-22(20-8-5-13-33-20)26-27-24(30)35-15-21-25-18(14-34-21)23(32)29-11-9-28(10-12-29)17(2)31/h3-8,13-14H,9-12,15H2,1-2H3. The number of carbonyl (C=O) groups is 2. The molecule has 35 heavy (non-hydrogen) atoms. The molecule has 0 N–H and O–H groups in total. The van der Waals surface area contributed by atoms with Crippen molar-refractivity contribution in [1.29, 1.82) is 0 Å². The number of amides is 2. The Kier molecular flexibility index (Phi) is 6.69. The lowest BCUT2D eigenvalue weighted by atomic mass is 10.2. The summed E-state index contributed by atoms with van der Waals surface area (Å²) in [6.45, 7) is 5.76. The van der Waals surface area contributed by atoms with E-state index in [2.05, 4.69) is 15.2 Å². The summed E-state index contributed by atoms with van der Waals surface area (Å²) in [5.74, 6) is 1.77. The Morgan fingerprint density at radius 3 is 2.54 bits per heavy atom. The van der Waals surface area contributed by atoms with Gasteiger partial charge in [0.15, 0.2) is 10.9 Å². The van der Waals surface area contributed by atoms with Crippen LogP contribution in [0.5, 0.6) is 0 Å². The quantitative estimate of drug-likeness (QED) is 0.365. The van der Waals surface area contributed by atoms with E-state index in [1.807, 2.05) is 47.9 Å². The van der Waals surface area contributed by atoms with Crippen molar-refractivity contribution >= 4 is 34.9 Å². The molecule has 0 atom stereocenters. The molecule has 1 aliphatic rings. The highest BCUT2D eigenvalue weighted by Gasteiger charge is 2.25. The predicted octanol–water partition coefficient (Wildman–Crippen LogP) is 3.89. The number of aryl methyl sites for hydroxylation is 1. The summed E-state index contributed by atoms with van der Waals surface area (Å²) >= 11 is 2.97. The van der Waals surface area contributed by atoms with Crippen LogP contribution in [-0.4, -0.2) is 67.5 Å². The Hall–Kier alpha value is -3.44. The zero-order chi connectivity index (χ0) is 24.4. The fraction of sp³-hybridized carbons (Fsp3) is 0.292. The van der Waals surface area contributed by atoms with Crippen LogP contribution in [0.3, 0.4) is 0 Å². The van der Waals surface area contributed by atoms with Gasteiger partial charge in [-0.2, -0.15) is 0 Å². The molecule has 2 amide bonds. The largest absolute Gasteiger partial charge is 0.461 e. The summed E-state index contributed by atoms with van der Waals surface area (Å²) in [6.07, 6.45) is 1.62. The highest BCUT2D eigenvalue weighted by molar-refractivity contribution is 7.98. The van der Waals surface area contributed by atoms with E-state index in [0.717, 1.165) is 16.3 Å². The third-order valence-corrected chi connectivity index (χ3v) is 7.81. The summed E-state index contributed by atoms with van der Waals surface area (Å²) in [6, 6.07) is 11.7. The average molecular weight is 509 g/mol. The van der Waals surface area contributed by atoms with Gasteiger partial charge in [-0.25, -0.2) is 4.98 Å². The minimum atomic E-state index is -0.0936. The molecule has 180 valence electrons. The molecule has 0 bridgehead atoms. The number of para-hydroxylation sites is 1. The molecule has 4 aromatic rings. The maximum Gasteiger partial charge on any atom is 0.273 e. The van der Waals surface area contributed by atoms with Crippen LogP contribution in [-0.2, 0) is 10.5 Å². The molecule has 0 aliphatic carbocycles. The number of piperazine rings is 1. The van der Waals surface area contributed by atoms with Gasteiger partial charge >= 0.3 is 0 Å². The first-order chi connectivity index (χ1) is 17.0. The van der Waals surface area contributed by atoms with Crippen molar-refractivity contribution in [2.75, 3.05) is 26.2 Å². The Bertz CT molecular complexity index is 1340. The van der Waals surface area contributed by atoms with Crippen molar-refractivity contribution < 1.29 is 14.0 Å². The molecule has 0 radical (unpaired) electrons. The zero-order valence-electron chi connectivity index (χ0n) is 19.4. The second-order valence-corrected chi connectivity index (χ2v) is 10.0. The Morgan fingerprint density at radius 2 is 1.83 bits per heavy atom. The third-order valence-electron chi connectivity index (χ3n) is 5.84. The molecule has 0 spiro atoms. The number of thiazole rings is 1. The summed E-state index contributed by atoms with van der Waals surface area (Å²) in [7, 11) is 0. The van der Waals surface area contributed by atoms with Crippen molar-refractivity contribution in [2.45, 2.75) is 24.8 Å². The SMILES string of the molecule is CC(=O)N1CCN(C(=O)c2csc(CSc3nnc(-c4ccco4)n3-c3ccccc3C)n2)CC1. The highest BCUT2D eigenvalue weighted by Crippen LogP contribution is 2.31. The molecule has 1 aliphatic heterocycles. The molecule has 5 rings (SSSR count). The van der Waals surface area contributed by atoms with E-state index in [1.54, 1.807) is 28.4 Å². The summed E-state index contributed by atoms with van der Waals surface area (Å²) in [4.78, 5) is 32.5. The molecule has 0 saturated carbocycles. The van der Waals surface area contributed by atoms with Crippen molar-refractivity contribution in [3.63, 3.8) is 0 Å². The number of rotatable bonds is 6. The number of hydrogen-bond acceptors (Lipinski definition) is 8. The zero-order valence-corrected chi connectivity index (χ0v) is 21.0. The van der Waals surface area contributed by atoms with Crippen LogP contribution in [0.1, 0.15) is 28.0 Å². The van der Waals surface area contributed by atoms with Gasteiger partial charge in [0.05, 0.1) is 17.7 Å². The van der Waals surface area contributed by atoms with Crippen LogP contribution in [0.4, 0.5) is 0 Å². The minimum absolute atomic E-state index is 0.0406. The maximum atomic E-state index is 12.9. The van der Waals surface area contributed by atoms with Crippen molar-refractivity contribution in [3.8, 4) is 17.3 Å². The molecule has 3 aromatic heterocycles. The van der Waals surface area contributed by atoms with Crippen LogP contribution >= 0.6 is 23.1 Å². The smallest absolute Gasteiger partial charge is 0.273 e. The molecule has 1 aromatic carbocycles. The predicted molar refractivity (Wildman–Crippen MR) is 134 cm³/mol. The van der Waals surface area contributed by atoms with Crippen molar-refractivity contribution in [3.05, 3.63) is 64.3 Å². The summed E-state index contributed by atoms with van der Waals surface area (Å²) in [5.41, 5.74) is 2.51. The van der Waals surface area contributed by atoms with E-state index in [-0.39, 0.29) is 11.8 Å². The fourth-order valence-corrected chi connectivity index (χ4v) is 5.68. The molecule has 9 nitrogen and oxygen atoms in total. The molecular formula is C24H24N6O3S2. The van der Waals surface area contributed by atoms with Crippen LogP contribution in [0, 0.1) is 6.92 Å². The second-order valence-electron chi connectivity index (χ2n) is 8.12. The van der Waals surface area contributed by atoms with Crippen LogP contribution in [0.25, 0.3) is 17.3 Å². The molecule has 1 fully saturated rings. The van der Waals surface area contributed by atoms with E-state index in [4.69, 9.17) is 4.42 Å². The monoisotopic (exact) mass is 508 g/mol. The van der Waals surface area contributed by atoms with Crippen molar-refractivity contribution in [2.24, 2.45) is 0 Å². The Labute approximate surface area is 210 Å². The van der Waals surface area contributed by atoms with Gasteiger partial charge in [-0.05, 0) is 30.7 Å². The third kappa shape index (κ3) is 4.87. The van der Waals surface area contributed by atoms with Gasteiger partial charge in [0.25, 0.3) is 5.91 Å². The average Bonchev–Trinajstić information content (AvgIpc) is 3.63. The van der Waals surface area contributed by atoms with E-state index in [9.17, 15) is 9.59 Å². The lowest BCUT2D eigenvalue weighted by Crippen LogP contribution is -2.50. The molecule has 0 unspecified atom stereocenters. The van der Waals surface area contributed by atoms with Crippen molar-refractivity contribution in [1.82, 2.24) is 29.5 Å². The van der Waals surface area contributed by atoms with Gasteiger partial charge in [-0.15, -0.1) is 21.5 Å². The molecule has 11 heteroatoms.